The van der Waals surface area contributed by atoms with Gasteiger partial charge in [0.05, 0.1) is 0 Å². The summed E-state index contributed by atoms with van der Waals surface area (Å²) in [6.07, 6.45) is -3.65. The zero-order valence-electron chi connectivity index (χ0n) is 11.3. The first kappa shape index (κ1) is 16.3. The van der Waals surface area contributed by atoms with Crippen molar-refractivity contribution in [3.63, 3.8) is 0 Å². The first-order valence-corrected chi connectivity index (χ1v) is 6.50. The standard InChI is InChI=1S/C12H23NO6/c1-3-4-5-8(14)13-6-7-9(15)10(16)11(17)12(18-2)19-7/h7,9-12,15-17H,3-6H2,1-2H3,(H,13,14)/t7-,9-,10+,11+,12+/m1/s1. The summed E-state index contributed by atoms with van der Waals surface area (Å²) in [7, 11) is 1.33. The van der Waals surface area contributed by atoms with Gasteiger partial charge in [-0.05, 0) is 6.42 Å². The van der Waals surface area contributed by atoms with E-state index in [0.29, 0.717) is 6.42 Å². The van der Waals surface area contributed by atoms with Gasteiger partial charge in [0, 0.05) is 20.1 Å². The minimum Gasteiger partial charge on any atom is -0.388 e. The first-order chi connectivity index (χ1) is 9.01. The van der Waals surface area contributed by atoms with Gasteiger partial charge in [-0.2, -0.15) is 0 Å². The van der Waals surface area contributed by atoms with Gasteiger partial charge in [0.1, 0.15) is 24.4 Å². The fourth-order valence-corrected chi connectivity index (χ4v) is 1.92. The molecule has 1 saturated heterocycles. The lowest BCUT2D eigenvalue weighted by molar-refractivity contribution is -0.288. The van der Waals surface area contributed by atoms with Gasteiger partial charge in [0.2, 0.25) is 5.91 Å². The predicted octanol–water partition coefficient (Wildman–Crippen LogP) is -1.25. The fraction of sp³-hybridized carbons (Fsp3) is 0.917. The van der Waals surface area contributed by atoms with Crippen LogP contribution >= 0.6 is 0 Å². The van der Waals surface area contributed by atoms with E-state index in [9.17, 15) is 20.1 Å². The van der Waals surface area contributed by atoms with Gasteiger partial charge < -0.3 is 30.1 Å². The Morgan fingerprint density at radius 2 is 1.95 bits per heavy atom. The minimum atomic E-state index is -1.36. The van der Waals surface area contributed by atoms with E-state index in [4.69, 9.17) is 9.47 Å². The van der Waals surface area contributed by atoms with Crippen molar-refractivity contribution in [2.24, 2.45) is 0 Å². The van der Waals surface area contributed by atoms with E-state index in [0.717, 1.165) is 12.8 Å². The number of nitrogens with one attached hydrogen (secondary N) is 1. The molecule has 0 spiro atoms. The SMILES string of the molecule is CCCCC(=O)NC[C@H]1O[C@H](OC)[C@@H](O)[C@@H](O)[C@@H]1O. The molecule has 7 heteroatoms. The van der Waals surface area contributed by atoms with Gasteiger partial charge in [-0.25, -0.2) is 0 Å². The summed E-state index contributed by atoms with van der Waals surface area (Å²) < 4.78 is 10.2. The Morgan fingerprint density at radius 1 is 1.26 bits per heavy atom. The van der Waals surface area contributed by atoms with E-state index >= 15 is 0 Å². The number of methoxy groups -OCH3 is 1. The summed E-state index contributed by atoms with van der Waals surface area (Å²) in [4.78, 5) is 11.5. The molecule has 0 aromatic rings. The molecule has 1 aliphatic rings. The highest BCUT2D eigenvalue weighted by molar-refractivity contribution is 5.75. The Morgan fingerprint density at radius 3 is 2.53 bits per heavy atom. The Balaban J connectivity index is 2.46. The number of carbonyl (C=O) groups excluding carboxylic acids is 1. The number of carbonyl (C=O) groups is 1. The van der Waals surface area contributed by atoms with Crippen molar-refractivity contribution in [1.29, 1.82) is 0 Å². The van der Waals surface area contributed by atoms with Crippen LogP contribution in [-0.4, -0.2) is 65.6 Å². The van der Waals surface area contributed by atoms with E-state index < -0.39 is 30.7 Å². The predicted molar refractivity (Wildman–Crippen MR) is 66.2 cm³/mol. The second-order valence-corrected chi connectivity index (χ2v) is 4.66. The van der Waals surface area contributed by atoms with Crippen LogP contribution in [0.1, 0.15) is 26.2 Å². The number of hydrogen-bond acceptors (Lipinski definition) is 6. The number of ether oxygens (including phenoxy) is 2. The third-order valence-corrected chi connectivity index (χ3v) is 3.16. The maximum atomic E-state index is 11.5. The second kappa shape index (κ2) is 7.76. The largest absolute Gasteiger partial charge is 0.388 e. The Kier molecular flexibility index (Phi) is 6.67. The van der Waals surface area contributed by atoms with Crippen LogP contribution < -0.4 is 5.32 Å². The normalized spacial score (nSPS) is 35.1. The smallest absolute Gasteiger partial charge is 0.220 e. The van der Waals surface area contributed by atoms with Crippen LogP contribution in [0.4, 0.5) is 0 Å². The molecular formula is C12H23NO6. The molecule has 1 aliphatic heterocycles. The topological polar surface area (TPSA) is 108 Å². The molecule has 1 rings (SSSR count). The molecule has 5 atom stereocenters. The molecule has 7 nitrogen and oxygen atoms in total. The number of unbranched alkanes of at least 4 members (excludes halogenated alkanes) is 1. The van der Waals surface area contributed by atoms with Crippen LogP contribution in [0.5, 0.6) is 0 Å². The maximum Gasteiger partial charge on any atom is 0.220 e. The van der Waals surface area contributed by atoms with Crippen LogP contribution in [0.25, 0.3) is 0 Å². The van der Waals surface area contributed by atoms with Crippen LogP contribution in [0.2, 0.25) is 0 Å². The fourth-order valence-electron chi connectivity index (χ4n) is 1.92. The van der Waals surface area contributed by atoms with Crippen molar-refractivity contribution < 1.29 is 29.6 Å². The van der Waals surface area contributed by atoms with Crippen molar-refractivity contribution in [1.82, 2.24) is 5.32 Å². The van der Waals surface area contributed by atoms with E-state index in [2.05, 4.69) is 5.32 Å². The second-order valence-electron chi connectivity index (χ2n) is 4.66. The van der Waals surface area contributed by atoms with Crippen LogP contribution in [0, 0.1) is 0 Å². The van der Waals surface area contributed by atoms with Crippen LogP contribution in [0.15, 0.2) is 0 Å². The molecule has 4 N–H and O–H groups in total. The van der Waals surface area contributed by atoms with E-state index in [1.54, 1.807) is 0 Å². The summed E-state index contributed by atoms with van der Waals surface area (Å²) in [6.45, 7) is 2.05. The monoisotopic (exact) mass is 277 g/mol. The van der Waals surface area contributed by atoms with Crippen LogP contribution in [0.3, 0.4) is 0 Å². The van der Waals surface area contributed by atoms with Gasteiger partial charge in [-0.1, -0.05) is 13.3 Å². The third kappa shape index (κ3) is 4.39. The average Bonchev–Trinajstić information content (AvgIpc) is 2.41. The van der Waals surface area contributed by atoms with Crippen molar-refractivity contribution in [2.75, 3.05) is 13.7 Å². The average molecular weight is 277 g/mol. The van der Waals surface area contributed by atoms with E-state index in [-0.39, 0.29) is 12.5 Å². The van der Waals surface area contributed by atoms with Gasteiger partial charge in [0.15, 0.2) is 6.29 Å². The molecule has 0 aromatic carbocycles. The van der Waals surface area contributed by atoms with Crippen molar-refractivity contribution in [2.45, 2.75) is 56.9 Å². The summed E-state index contributed by atoms with van der Waals surface area (Å²) in [5.74, 6) is -0.132. The number of rotatable bonds is 6. The summed E-state index contributed by atoms with van der Waals surface area (Å²) in [5.41, 5.74) is 0. The quantitative estimate of drug-likeness (QED) is 0.483. The number of aliphatic hydroxyl groups is 3. The zero-order valence-corrected chi connectivity index (χ0v) is 11.3. The Labute approximate surface area is 112 Å². The summed E-state index contributed by atoms with van der Waals surface area (Å²) in [6, 6.07) is 0. The molecule has 0 radical (unpaired) electrons. The number of aliphatic hydroxyl groups excluding tert-OH is 3. The highest BCUT2D eigenvalue weighted by Gasteiger charge is 2.43. The Bertz CT molecular complexity index is 285. The zero-order chi connectivity index (χ0) is 14.4. The molecule has 1 fully saturated rings. The lowest BCUT2D eigenvalue weighted by atomic mass is 9.99. The van der Waals surface area contributed by atoms with Gasteiger partial charge >= 0.3 is 0 Å². The lowest BCUT2D eigenvalue weighted by Gasteiger charge is -2.39. The molecule has 0 aliphatic carbocycles. The van der Waals surface area contributed by atoms with Crippen molar-refractivity contribution in [3.8, 4) is 0 Å². The molecule has 1 heterocycles. The van der Waals surface area contributed by atoms with Gasteiger partial charge in [-0.3, -0.25) is 4.79 Å². The van der Waals surface area contributed by atoms with Crippen molar-refractivity contribution in [3.05, 3.63) is 0 Å². The van der Waals surface area contributed by atoms with Crippen molar-refractivity contribution >= 4 is 5.91 Å². The molecular weight excluding hydrogens is 254 g/mol. The van der Waals surface area contributed by atoms with Gasteiger partial charge in [0.25, 0.3) is 0 Å². The highest BCUT2D eigenvalue weighted by atomic mass is 16.7. The molecule has 19 heavy (non-hydrogen) atoms. The van der Waals surface area contributed by atoms with Crippen LogP contribution in [-0.2, 0) is 14.3 Å². The maximum absolute atomic E-state index is 11.5. The number of amides is 1. The third-order valence-electron chi connectivity index (χ3n) is 3.16. The molecule has 0 bridgehead atoms. The lowest BCUT2D eigenvalue weighted by Crippen LogP contribution is -2.60. The molecule has 0 unspecified atom stereocenters. The highest BCUT2D eigenvalue weighted by Crippen LogP contribution is 2.21. The first-order valence-electron chi connectivity index (χ1n) is 6.50. The van der Waals surface area contributed by atoms with E-state index in [1.165, 1.54) is 7.11 Å². The minimum absolute atomic E-state index is 0.0629. The molecule has 112 valence electrons. The summed E-state index contributed by atoms with van der Waals surface area (Å²) in [5, 5.41) is 31.6. The molecule has 0 aromatic heterocycles. The summed E-state index contributed by atoms with van der Waals surface area (Å²) >= 11 is 0. The number of hydrogen-bond donors (Lipinski definition) is 4. The molecule has 1 amide bonds. The Hall–Kier alpha value is -0.730. The van der Waals surface area contributed by atoms with Gasteiger partial charge in [-0.15, -0.1) is 0 Å². The van der Waals surface area contributed by atoms with E-state index in [1.807, 2.05) is 6.92 Å². The molecule has 0 saturated carbocycles.